The molecule has 0 aliphatic carbocycles. The van der Waals surface area contributed by atoms with Crippen molar-refractivity contribution in [3.63, 3.8) is 0 Å². The number of nitrogens with zero attached hydrogens (tertiary/aromatic N) is 4. The second-order valence-corrected chi connectivity index (χ2v) is 5.41. The van der Waals surface area contributed by atoms with Crippen molar-refractivity contribution in [3.05, 3.63) is 64.3 Å². The minimum absolute atomic E-state index is 0.0232. The molecule has 1 N–H and O–H groups in total. The summed E-state index contributed by atoms with van der Waals surface area (Å²) in [6, 6.07) is 11.7. The summed E-state index contributed by atoms with van der Waals surface area (Å²) in [6.45, 7) is 1.41. The number of nitrogens with one attached hydrogen (secondary N) is 1. The minimum atomic E-state index is -0.435. The van der Waals surface area contributed by atoms with Crippen molar-refractivity contribution in [3.8, 4) is 22.7 Å². The van der Waals surface area contributed by atoms with E-state index in [2.05, 4.69) is 20.4 Å². The van der Waals surface area contributed by atoms with E-state index in [-0.39, 0.29) is 5.69 Å². The van der Waals surface area contributed by atoms with Crippen LogP contribution >= 0.6 is 0 Å². The lowest BCUT2D eigenvalue weighted by atomic mass is 10.0. The summed E-state index contributed by atoms with van der Waals surface area (Å²) in [5.41, 5.74) is 2.67. The molecule has 124 valence electrons. The molecule has 2 aromatic heterocycles. The van der Waals surface area contributed by atoms with Gasteiger partial charge in [0.05, 0.1) is 17.0 Å². The monoisotopic (exact) mass is 335 g/mol. The topological polar surface area (TPSA) is 106 Å². The molecule has 3 heterocycles. The van der Waals surface area contributed by atoms with Crippen molar-refractivity contribution in [1.29, 1.82) is 0 Å². The Kier molecular flexibility index (Phi) is 3.70. The number of hydrogen-bond acceptors (Lipinski definition) is 7. The predicted octanol–water partition coefficient (Wildman–Crippen LogP) is 2.66. The zero-order valence-corrected chi connectivity index (χ0v) is 13.0. The fourth-order valence-electron chi connectivity index (χ4n) is 2.69. The van der Waals surface area contributed by atoms with Crippen LogP contribution in [0.5, 0.6) is 0 Å². The van der Waals surface area contributed by atoms with Gasteiger partial charge in [0.1, 0.15) is 17.2 Å². The Morgan fingerprint density at radius 1 is 1.16 bits per heavy atom. The maximum absolute atomic E-state index is 10.8. The van der Waals surface area contributed by atoms with Crippen LogP contribution in [0.3, 0.4) is 0 Å². The molecular weight excluding hydrogens is 322 g/mol. The van der Waals surface area contributed by atoms with E-state index in [9.17, 15) is 10.1 Å². The van der Waals surface area contributed by atoms with Gasteiger partial charge in [-0.2, -0.15) is 0 Å². The van der Waals surface area contributed by atoms with Gasteiger partial charge in [-0.3, -0.25) is 20.1 Å². The third-order valence-electron chi connectivity index (χ3n) is 3.85. The van der Waals surface area contributed by atoms with Gasteiger partial charge in [0.15, 0.2) is 5.76 Å². The molecule has 1 aromatic carbocycles. The SMILES string of the molecule is O=[N+]([O-])c1ccc(-c2noc(-c3ccccn3)c2C2=NCCN2)cc1. The van der Waals surface area contributed by atoms with Gasteiger partial charge in [-0.1, -0.05) is 11.2 Å². The standard InChI is InChI=1S/C17H13N5O3/c23-22(24)12-6-4-11(5-7-12)15-14(17-19-9-10-20-17)16(25-21-15)13-3-1-2-8-18-13/h1-8H,9-10H2,(H,19,20). The Hall–Kier alpha value is -3.55. The Labute approximate surface area is 142 Å². The Morgan fingerprint density at radius 2 is 2.00 bits per heavy atom. The number of nitro groups is 1. The van der Waals surface area contributed by atoms with Gasteiger partial charge in [0, 0.05) is 30.4 Å². The fourth-order valence-corrected chi connectivity index (χ4v) is 2.69. The molecule has 0 atom stereocenters. The zero-order valence-electron chi connectivity index (χ0n) is 13.0. The number of amidine groups is 1. The van der Waals surface area contributed by atoms with Crippen molar-refractivity contribution >= 4 is 11.5 Å². The third kappa shape index (κ3) is 2.74. The number of benzene rings is 1. The molecule has 8 nitrogen and oxygen atoms in total. The predicted molar refractivity (Wildman–Crippen MR) is 91.2 cm³/mol. The number of non-ortho nitro benzene ring substituents is 1. The zero-order chi connectivity index (χ0) is 17.2. The van der Waals surface area contributed by atoms with Crippen LogP contribution in [-0.4, -0.2) is 34.0 Å². The first-order chi connectivity index (χ1) is 12.2. The van der Waals surface area contributed by atoms with E-state index >= 15 is 0 Å². The molecule has 1 aliphatic rings. The molecule has 25 heavy (non-hydrogen) atoms. The number of rotatable bonds is 4. The summed E-state index contributed by atoms with van der Waals surface area (Å²) in [4.78, 5) is 19.2. The highest BCUT2D eigenvalue weighted by Gasteiger charge is 2.25. The number of hydrogen-bond donors (Lipinski definition) is 1. The van der Waals surface area contributed by atoms with Gasteiger partial charge < -0.3 is 9.84 Å². The van der Waals surface area contributed by atoms with Crippen LogP contribution in [0.1, 0.15) is 5.56 Å². The van der Waals surface area contributed by atoms with Crippen LogP contribution < -0.4 is 5.32 Å². The first kappa shape index (κ1) is 15.0. The van der Waals surface area contributed by atoms with E-state index in [4.69, 9.17) is 4.52 Å². The van der Waals surface area contributed by atoms with Crippen molar-refractivity contribution in [1.82, 2.24) is 15.5 Å². The molecule has 8 heteroatoms. The molecule has 0 bridgehead atoms. The van der Waals surface area contributed by atoms with Crippen LogP contribution in [-0.2, 0) is 0 Å². The van der Waals surface area contributed by atoms with Crippen LogP contribution in [0, 0.1) is 10.1 Å². The van der Waals surface area contributed by atoms with Gasteiger partial charge in [-0.25, -0.2) is 0 Å². The molecule has 0 radical (unpaired) electrons. The molecule has 1 aliphatic heterocycles. The van der Waals surface area contributed by atoms with Crippen LogP contribution in [0.25, 0.3) is 22.7 Å². The molecule has 3 aromatic rings. The van der Waals surface area contributed by atoms with Crippen molar-refractivity contribution in [2.45, 2.75) is 0 Å². The van der Waals surface area contributed by atoms with Crippen LogP contribution in [0.2, 0.25) is 0 Å². The summed E-state index contributed by atoms with van der Waals surface area (Å²) in [5, 5.41) is 18.2. The van der Waals surface area contributed by atoms with Crippen molar-refractivity contribution < 1.29 is 9.45 Å². The van der Waals surface area contributed by atoms with Gasteiger partial charge in [-0.15, -0.1) is 0 Å². The van der Waals surface area contributed by atoms with Crippen LogP contribution in [0.4, 0.5) is 5.69 Å². The van der Waals surface area contributed by atoms with E-state index in [1.807, 2.05) is 18.2 Å². The Morgan fingerprint density at radius 3 is 2.64 bits per heavy atom. The lowest BCUT2D eigenvalue weighted by Gasteiger charge is -2.05. The average Bonchev–Trinajstić information content (AvgIpc) is 3.32. The van der Waals surface area contributed by atoms with Gasteiger partial charge >= 0.3 is 0 Å². The van der Waals surface area contributed by atoms with Crippen molar-refractivity contribution in [2.75, 3.05) is 13.1 Å². The van der Waals surface area contributed by atoms with E-state index in [1.165, 1.54) is 12.1 Å². The largest absolute Gasteiger partial charge is 0.368 e. The maximum atomic E-state index is 10.8. The summed E-state index contributed by atoms with van der Waals surface area (Å²) in [6.07, 6.45) is 1.68. The number of aromatic nitrogens is 2. The third-order valence-corrected chi connectivity index (χ3v) is 3.85. The number of nitro benzene ring substituents is 1. The molecule has 0 fully saturated rings. The van der Waals surface area contributed by atoms with E-state index in [0.29, 0.717) is 40.7 Å². The smallest absolute Gasteiger partial charge is 0.269 e. The molecule has 0 spiro atoms. The van der Waals surface area contributed by atoms with Gasteiger partial charge in [-0.05, 0) is 24.3 Å². The normalized spacial score (nSPS) is 13.4. The summed E-state index contributed by atoms with van der Waals surface area (Å²) < 4.78 is 5.56. The highest BCUT2D eigenvalue weighted by atomic mass is 16.6. The second kappa shape index (κ2) is 6.16. The minimum Gasteiger partial charge on any atom is -0.368 e. The number of aliphatic imine (C=N–C) groups is 1. The maximum Gasteiger partial charge on any atom is 0.269 e. The van der Waals surface area contributed by atoms with Crippen LogP contribution in [0.15, 0.2) is 58.2 Å². The Bertz CT molecular complexity index is 948. The fraction of sp³-hybridized carbons (Fsp3) is 0.118. The quantitative estimate of drug-likeness (QED) is 0.580. The first-order valence-corrected chi connectivity index (χ1v) is 7.68. The summed E-state index contributed by atoms with van der Waals surface area (Å²) in [5.74, 6) is 1.21. The second-order valence-electron chi connectivity index (χ2n) is 5.41. The lowest BCUT2D eigenvalue weighted by molar-refractivity contribution is -0.384. The summed E-state index contributed by atoms with van der Waals surface area (Å²) >= 11 is 0. The molecule has 0 saturated heterocycles. The highest BCUT2D eigenvalue weighted by Crippen LogP contribution is 2.32. The van der Waals surface area contributed by atoms with Crippen molar-refractivity contribution in [2.24, 2.45) is 4.99 Å². The molecule has 0 unspecified atom stereocenters. The summed E-state index contributed by atoms with van der Waals surface area (Å²) in [7, 11) is 0. The molecule has 0 saturated carbocycles. The molecule has 0 amide bonds. The highest BCUT2D eigenvalue weighted by molar-refractivity contribution is 6.08. The number of pyridine rings is 1. The molecular formula is C17H13N5O3. The van der Waals surface area contributed by atoms with Gasteiger partial charge in [0.2, 0.25) is 0 Å². The van der Waals surface area contributed by atoms with E-state index in [1.54, 1.807) is 18.3 Å². The Balaban J connectivity index is 1.85. The first-order valence-electron chi connectivity index (χ1n) is 7.68. The average molecular weight is 335 g/mol. The lowest BCUT2D eigenvalue weighted by Crippen LogP contribution is -2.20. The van der Waals surface area contributed by atoms with E-state index in [0.717, 1.165) is 6.54 Å². The van der Waals surface area contributed by atoms with Gasteiger partial charge in [0.25, 0.3) is 5.69 Å². The molecule has 4 rings (SSSR count). The van der Waals surface area contributed by atoms with E-state index < -0.39 is 4.92 Å².